The van der Waals surface area contributed by atoms with E-state index in [0.29, 0.717) is 10.7 Å². The van der Waals surface area contributed by atoms with Crippen LogP contribution in [0.5, 0.6) is 0 Å². The first kappa shape index (κ1) is 13.4. The number of aliphatic carboxylic acids is 1. The quantitative estimate of drug-likeness (QED) is 0.846. The van der Waals surface area contributed by atoms with E-state index in [4.69, 9.17) is 0 Å². The standard InChI is InChI=1S/C15H13NO2S/c17-15(18)14(9-13-7-4-8-16-10-13)19-11-12-5-2-1-3-6-12/h1-10H,11H2,(H,17,18)/b14-9-. The molecule has 0 amide bonds. The summed E-state index contributed by atoms with van der Waals surface area (Å²) in [5.74, 6) is -0.274. The fourth-order valence-electron chi connectivity index (χ4n) is 1.51. The molecule has 0 unspecified atom stereocenters. The fourth-order valence-corrected chi connectivity index (χ4v) is 2.37. The van der Waals surface area contributed by atoms with Crippen molar-refractivity contribution in [2.45, 2.75) is 5.75 Å². The summed E-state index contributed by atoms with van der Waals surface area (Å²) in [6.07, 6.45) is 4.95. The smallest absolute Gasteiger partial charge is 0.342 e. The van der Waals surface area contributed by atoms with Crippen LogP contribution in [0.2, 0.25) is 0 Å². The molecule has 19 heavy (non-hydrogen) atoms. The van der Waals surface area contributed by atoms with Crippen LogP contribution in [0.1, 0.15) is 11.1 Å². The third kappa shape index (κ3) is 4.26. The highest BCUT2D eigenvalue weighted by atomic mass is 32.2. The lowest BCUT2D eigenvalue weighted by molar-refractivity contribution is -0.131. The minimum absolute atomic E-state index is 0.317. The van der Waals surface area contributed by atoms with E-state index in [1.165, 1.54) is 11.8 Å². The normalized spacial score (nSPS) is 11.3. The van der Waals surface area contributed by atoms with E-state index in [1.54, 1.807) is 24.5 Å². The van der Waals surface area contributed by atoms with Gasteiger partial charge < -0.3 is 5.11 Å². The number of benzene rings is 1. The highest BCUT2D eigenvalue weighted by Gasteiger charge is 2.08. The van der Waals surface area contributed by atoms with Gasteiger partial charge in [-0.1, -0.05) is 36.4 Å². The van der Waals surface area contributed by atoms with Crippen LogP contribution in [0.3, 0.4) is 0 Å². The molecule has 3 nitrogen and oxygen atoms in total. The Labute approximate surface area is 116 Å². The largest absolute Gasteiger partial charge is 0.477 e. The van der Waals surface area contributed by atoms with Gasteiger partial charge >= 0.3 is 5.97 Å². The molecule has 4 heteroatoms. The summed E-state index contributed by atoms with van der Waals surface area (Å²) in [5.41, 5.74) is 1.89. The van der Waals surface area contributed by atoms with Gasteiger partial charge in [-0.15, -0.1) is 11.8 Å². The Morgan fingerprint density at radius 3 is 2.63 bits per heavy atom. The van der Waals surface area contributed by atoms with Crippen LogP contribution in [0.25, 0.3) is 6.08 Å². The minimum atomic E-state index is -0.912. The average molecular weight is 271 g/mol. The second kappa shape index (κ2) is 6.75. The van der Waals surface area contributed by atoms with Crippen molar-refractivity contribution in [3.05, 3.63) is 70.9 Å². The summed E-state index contributed by atoms with van der Waals surface area (Å²) in [6, 6.07) is 13.4. The van der Waals surface area contributed by atoms with Crippen LogP contribution in [-0.2, 0) is 10.5 Å². The lowest BCUT2D eigenvalue weighted by Gasteiger charge is -2.03. The second-order valence-electron chi connectivity index (χ2n) is 3.87. The number of carboxylic acids is 1. The molecule has 1 aromatic heterocycles. The molecule has 2 rings (SSSR count). The first-order valence-corrected chi connectivity index (χ1v) is 6.76. The van der Waals surface area contributed by atoms with Crippen molar-refractivity contribution < 1.29 is 9.90 Å². The van der Waals surface area contributed by atoms with Crippen LogP contribution >= 0.6 is 11.8 Å². The average Bonchev–Trinajstić information content (AvgIpc) is 2.45. The van der Waals surface area contributed by atoms with Crippen molar-refractivity contribution in [3.8, 4) is 0 Å². The van der Waals surface area contributed by atoms with Crippen molar-refractivity contribution in [1.82, 2.24) is 4.98 Å². The Kier molecular flexibility index (Phi) is 4.75. The first-order valence-electron chi connectivity index (χ1n) is 5.77. The molecule has 1 N–H and O–H groups in total. The number of hydrogen-bond donors (Lipinski definition) is 1. The summed E-state index contributed by atoms with van der Waals surface area (Å²) in [5, 5.41) is 9.20. The molecule has 96 valence electrons. The summed E-state index contributed by atoms with van der Waals surface area (Å²) < 4.78 is 0. The molecule has 0 spiro atoms. The number of nitrogens with zero attached hydrogens (tertiary/aromatic N) is 1. The lowest BCUT2D eigenvalue weighted by Crippen LogP contribution is -1.97. The topological polar surface area (TPSA) is 50.2 Å². The Hall–Kier alpha value is -2.07. The number of aromatic nitrogens is 1. The molecular weight excluding hydrogens is 258 g/mol. The van der Waals surface area contributed by atoms with Gasteiger partial charge in [0.15, 0.2) is 0 Å². The molecule has 0 saturated carbocycles. The molecule has 1 heterocycles. The molecule has 0 bridgehead atoms. The number of rotatable bonds is 5. The van der Waals surface area contributed by atoms with Gasteiger partial charge in [0.1, 0.15) is 0 Å². The van der Waals surface area contributed by atoms with Crippen LogP contribution in [-0.4, -0.2) is 16.1 Å². The minimum Gasteiger partial charge on any atom is -0.477 e. The predicted molar refractivity (Wildman–Crippen MR) is 77.6 cm³/mol. The van der Waals surface area contributed by atoms with Gasteiger partial charge in [-0.2, -0.15) is 0 Å². The second-order valence-corrected chi connectivity index (χ2v) is 4.89. The maximum atomic E-state index is 11.2. The highest BCUT2D eigenvalue weighted by molar-refractivity contribution is 8.03. The van der Waals surface area contributed by atoms with Gasteiger partial charge in [-0.3, -0.25) is 4.98 Å². The molecule has 0 aliphatic carbocycles. The van der Waals surface area contributed by atoms with Gasteiger partial charge in [0.2, 0.25) is 0 Å². The zero-order valence-electron chi connectivity index (χ0n) is 10.2. The summed E-state index contributed by atoms with van der Waals surface area (Å²) >= 11 is 1.31. The van der Waals surface area contributed by atoms with Gasteiger partial charge in [0.25, 0.3) is 0 Å². The van der Waals surface area contributed by atoms with Gasteiger partial charge in [-0.25, -0.2) is 4.79 Å². The Balaban J connectivity index is 2.09. The molecule has 1 aromatic carbocycles. The first-order chi connectivity index (χ1) is 9.25. The number of carboxylic acid groups (broad SMARTS) is 1. The third-order valence-electron chi connectivity index (χ3n) is 2.43. The van der Waals surface area contributed by atoms with E-state index < -0.39 is 5.97 Å². The van der Waals surface area contributed by atoms with Crippen LogP contribution in [0.15, 0.2) is 59.8 Å². The maximum absolute atomic E-state index is 11.2. The third-order valence-corrected chi connectivity index (χ3v) is 3.51. The molecule has 2 aromatic rings. The Morgan fingerprint density at radius 2 is 2.00 bits per heavy atom. The van der Waals surface area contributed by atoms with Crippen molar-refractivity contribution >= 4 is 23.8 Å². The maximum Gasteiger partial charge on any atom is 0.342 e. The van der Waals surface area contributed by atoms with Crippen LogP contribution < -0.4 is 0 Å². The SMILES string of the molecule is O=C(O)/C(=C/c1cccnc1)SCc1ccccc1. The van der Waals surface area contributed by atoms with Crippen LogP contribution in [0.4, 0.5) is 0 Å². The molecule has 0 radical (unpaired) electrons. The Bertz CT molecular complexity index is 567. The summed E-state index contributed by atoms with van der Waals surface area (Å²) in [7, 11) is 0. The number of carbonyl (C=O) groups is 1. The van der Waals surface area contributed by atoms with E-state index in [-0.39, 0.29) is 0 Å². The van der Waals surface area contributed by atoms with Crippen molar-refractivity contribution in [1.29, 1.82) is 0 Å². The monoisotopic (exact) mass is 271 g/mol. The Morgan fingerprint density at radius 1 is 1.21 bits per heavy atom. The van der Waals surface area contributed by atoms with Gasteiger partial charge in [0, 0.05) is 18.1 Å². The number of thioether (sulfide) groups is 1. The highest BCUT2D eigenvalue weighted by Crippen LogP contribution is 2.23. The molecular formula is C15H13NO2S. The fraction of sp³-hybridized carbons (Fsp3) is 0.0667. The van der Waals surface area contributed by atoms with E-state index in [0.717, 1.165) is 11.1 Å². The van der Waals surface area contributed by atoms with Crippen molar-refractivity contribution in [3.63, 3.8) is 0 Å². The lowest BCUT2D eigenvalue weighted by atomic mass is 10.2. The van der Waals surface area contributed by atoms with Gasteiger partial charge in [-0.05, 0) is 23.3 Å². The zero-order valence-corrected chi connectivity index (χ0v) is 11.0. The summed E-state index contributed by atoms with van der Waals surface area (Å²) in [4.78, 5) is 15.5. The molecule has 0 aliphatic rings. The van der Waals surface area contributed by atoms with Gasteiger partial charge in [0.05, 0.1) is 4.91 Å². The van der Waals surface area contributed by atoms with E-state index >= 15 is 0 Å². The van der Waals surface area contributed by atoms with E-state index in [1.807, 2.05) is 36.4 Å². The molecule has 0 aliphatic heterocycles. The van der Waals surface area contributed by atoms with E-state index in [9.17, 15) is 9.90 Å². The van der Waals surface area contributed by atoms with Crippen LogP contribution in [0, 0.1) is 0 Å². The van der Waals surface area contributed by atoms with E-state index in [2.05, 4.69) is 4.98 Å². The van der Waals surface area contributed by atoms with Crippen molar-refractivity contribution in [2.75, 3.05) is 0 Å². The molecule has 0 saturated heterocycles. The molecule has 0 fully saturated rings. The number of pyridine rings is 1. The molecule has 0 atom stereocenters. The zero-order chi connectivity index (χ0) is 13.5. The number of hydrogen-bond acceptors (Lipinski definition) is 3. The van der Waals surface area contributed by atoms with Crippen molar-refractivity contribution in [2.24, 2.45) is 0 Å². The summed E-state index contributed by atoms with van der Waals surface area (Å²) in [6.45, 7) is 0. The predicted octanol–water partition coefficient (Wildman–Crippen LogP) is 3.44.